The van der Waals surface area contributed by atoms with E-state index in [4.69, 9.17) is 10.5 Å². The monoisotopic (exact) mass is 281 g/mol. The fourth-order valence-corrected chi connectivity index (χ4v) is 1.61. The Labute approximate surface area is 101 Å². The molecule has 2 rings (SSSR count). The molecule has 0 aliphatic rings. The highest BCUT2D eigenvalue weighted by Crippen LogP contribution is 2.32. The average molecular weight is 282 g/mol. The molecule has 4 heteroatoms. The van der Waals surface area contributed by atoms with Crippen molar-refractivity contribution >= 4 is 21.6 Å². The van der Waals surface area contributed by atoms with Crippen molar-refractivity contribution in [2.45, 2.75) is 0 Å². The first-order valence-electron chi connectivity index (χ1n) is 4.64. The number of halogens is 2. The van der Waals surface area contributed by atoms with E-state index >= 15 is 0 Å². The van der Waals surface area contributed by atoms with E-state index in [-0.39, 0.29) is 5.82 Å². The Hall–Kier alpha value is -1.55. The minimum Gasteiger partial charge on any atom is -0.454 e. The summed E-state index contributed by atoms with van der Waals surface area (Å²) in [6.07, 6.45) is 0. The van der Waals surface area contributed by atoms with Crippen molar-refractivity contribution in [1.29, 1.82) is 0 Å². The van der Waals surface area contributed by atoms with Crippen LogP contribution in [0.2, 0.25) is 0 Å². The fourth-order valence-electron chi connectivity index (χ4n) is 1.24. The SMILES string of the molecule is Nc1ccc(F)cc1Oc1ccccc1Br. The molecule has 0 heterocycles. The zero-order valence-corrected chi connectivity index (χ0v) is 9.87. The van der Waals surface area contributed by atoms with Crippen LogP contribution in [-0.2, 0) is 0 Å². The Bertz CT molecular complexity index is 516. The zero-order chi connectivity index (χ0) is 11.5. The minimum atomic E-state index is -0.378. The van der Waals surface area contributed by atoms with Gasteiger partial charge in [0.05, 0.1) is 10.2 Å². The summed E-state index contributed by atoms with van der Waals surface area (Å²) in [6, 6.07) is 11.3. The molecule has 0 fully saturated rings. The molecule has 0 radical (unpaired) electrons. The van der Waals surface area contributed by atoms with Gasteiger partial charge in [-0.1, -0.05) is 12.1 Å². The van der Waals surface area contributed by atoms with Crippen molar-refractivity contribution in [1.82, 2.24) is 0 Å². The fraction of sp³-hybridized carbons (Fsp3) is 0. The summed E-state index contributed by atoms with van der Waals surface area (Å²) in [7, 11) is 0. The lowest BCUT2D eigenvalue weighted by Crippen LogP contribution is -1.93. The molecule has 82 valence electrons. The third-order valence-corrected chi connectivity index (χ3v) is 2.69. The summed E-state index contributed by atoms with van der Waals surface area (Å²) in [5.74, 6) is 0.531. The van der Waals surface area contributed by atoms with Gasteiger partial charge in [0.2, 0.25) is 0 Å². The average Bonchev–Trinajstić information content (AvgIpc) is 2.27. The smallest absolute Gasteiger partial charge is 0.153 e. The first-order chi connectivity index (χ1) is 7.66. The Balaban J connectivity index is 2.34. The van der Waals surface area contributed by atoms with Crippen molar-refractivity contribution in [3.05, 3.63) is 52.8 Å². The lowest BCUT2D eigenvalue weighted by Gasteiger charge is -2.09. The number of benzene rings is 2. The largest absolute Gasteiger partial charge is 0.454 e. The number of ether oxygens (including phenoxy) is 1. The molecular weight excluding hydrogens is 273 g/mol. The molecule has 2 N–H and O–H groups in total. The van der Waals surface area contributed by atoms with Gasteiger partial charge >= 0.3 is 0 Å². The molecule has 16 heavy (non-hydrogen) atoms. The van der Waals surface area contributed by atoms with Gasteiger partial charge in [0.1, 0.15) is 11.6 Å². The van der Waals surface area contributed by atoms with Crippen LogP contribution in [0.1, 0.15) is 0 Å². The molecule has 0 aliphatic carbocycles. The summed E-state index contributed by atoms with van der Waals surface area (Å²) in [4.78, 5) is 0. The van der Waals surface area contributed by atoms with Crippen LogP contribution in [0.15, 0.2) is 46.9 Å². The van der Waals surface area contributed by atoms with Gasteiger partial charge in [0.15, 0.2) is 5.75 Å². The highest BCUT2D eigenvalue weighted by Gasteiger charge is 2.06. The number of para-hydroxylation sites is 1. The highest BCUT2D eigenvalue weighted by molar-refractivity contribution is 9.10. The van der Waals surface area contributed by atoms with Crippen molar-refractivity contribution in [2.75, 3.05) is 5.73 Å². The standard InChI is InChI=1S/C12H9BrFNO/c13-9-3-1-2-4-11(9)16-12-7-8(14)5-6-10(12)15/h1-7H,15H2. The molecule has 2 aromatic carbocycles. The van der Waals surface area contributed by atoms with Crippen LogP contribution in [0, 0.1) is 5.82 Å². The second-order valence-corrected chi connectivity index (χ2v) is 4.07. The van der Waals surface area contributed by atoms with E-state index < -0.39 is 0 Å². The van der Waals surface area contributed by atoms with Crippen molar-refractivity contribution in [2.24, 2.45) is 0 Å². The number of nitrogen functional groups attached to an aromatic ring is 1. The van der Waals surface area contributed by atoms with Gasteiger partial charge in [-0.2, -0.15) is 0 Å². The van der Waals surface area contributed by atoms with Crippen LogP contribution in [-0.4, -0.2) is 0 Å². The Morgan fingerprint density at radius 1 is 1.06 bits per heavy atom. The van der Waals surface area contributed by atoms with E-state index in [0.29, 0.717) is 17.2 Å². The molecule has 0 unspecified atom stereocenters. The first-order valence-corrected chi connectivity index (χ1v) is 5.43. The Morgan fingerprint density at radius 2 is 1.81 bits per heavy atom. The Morgan fingerprint density at radius 3 is 2.56 bits per heavy atom. The quantitative estimate of drug-likeness (QED) is 0.846. The van der Waals surface area contributed by atoms with E-state index in [1.165, 1.54) is 18.2 Å². The number of anilines is 1. The van der Waals surface area contributed by atoms with Gasteiger partial charge in [-0.05, 0) is 40.2 Å². The minimum absolute atomic E-state index is 0.312. The molecule has 0 amide bonds. The van der Waals surface area contributed by atoms with Crippen LogP contribution in [0.3, 0.4) is 0 Å². The predicted molar refractivity (Wildman–Crippen MR) is 65.0 cm³/mol. The van der Waals surface area contributed by atoms with Crippen LogP contribution >= 0.6 is 15.9 Å². The van der Waals surface area contributed by atoms with Gasteiger partial charge in [-0.15, -0.1) is 0 Å². The van der Waals surface area contributed by atoms with E-state index in [1.54, 1.807) is 6.07 Å². The molecule has 0 spiro atoms. The summed E-state index contributed by atoms with van der Waals surface area (Å²) >= 11 is 3.34. The lowest BCUT2D eigenvalue weighted by molar-refractivity contribution is 0.476. The molecule has 0 saturated carbocycles. The maximum atomic E-state index is 13.0. The lowest BCUT2D eigenvalue weighted by atomic mass is 10.3. The maximum absolute atomic E-state index is 13.0. The van der Waals surface area contributed by atoms with E-state index in [2.05, 4.69) is 15.9 Å². The van der Waals surface area contributed by atoms with E-state index in [0.717, 1.165) is 4.47 Å². The summed E-state index contributed by atoms with van der Waals surface area (Å²) in [5.41, 5.74) is 6.08. The van der Waals surface area contributed by atoms with E-state index in [1.807, 2.05) is 18.2 Å². The van der Waals surface area contributed by atoms with Crippen molar-refractivity contribution < 1.29 is 9.13 Å². The Kier molecular flexibility index (Phi) is 3.10. The summed E-state index contributed by atoms with van der Waals surface area (Å²) in [5, 5.41) is 0. The summed E-state index contributed by atoms with van der Waals surface area (Å²) in [6.45, 7) is 0. The zero-order valence-electron chi connectivity index (χ0n) is 8.28. The van der Waals surface area contributed by atoms with E-state index in [9.17, 15) is 4.39 Å². The molecule has 0 aromatic heterocycles. The molecule has 0 aliphatic heterocycles. The normalized spacial score (nSPS) is 10.1. The van der Waals surface area contributed by atoms with Gasteiger partial charge in [0, 0.05) is 6.07 Å². The maximum Gasteiger partial charge on any atom is 0.153 e. The molecular formula is C12H9BrFNO. The summed E-state index contributed by atoms with van der Waals surface area (Å²) < 4.78 is 19.3. The second-order valence-electron chi connectivity index (χ2n) is 3.21. The third kappa shape index (κ3) is 2.33. The first kappa shape index (κ1) is 11.0. The molecule has 0 saturated heterocycles. The van der Waals surface area contributed by atoms with Crippen LogP contribution in [0.25, 0.3) is 0 Å². The molecule has 2 aromatic rings. The van der Waals surface area contributed by atoms with Crippen molar-refractivity contribution in [3.63, 3.8) is 0 Å². The van der Waals surface area contributed by atoms with Crippen LogP contribution in [0.5, 0.6) is 11.5 Å². The highest BCUT2D eigenvalue weighted by atomic mass is 79.9. The number of hydrogen-bond acceptors (Lipinski definition) is 2. The number of hydrogen-bond donors (Lipinski definition) is 1. The second kappa shape index (κ2) is 4.53. The number of rotatable bonds is 2. The third-order valence-electron chi connectivity index (χ3n) is 2.03. The van der Waals surface area contributed by atoms with Crippen LogP contribution in [0.4, 0.5) is 10.1 Å². The van der Waals surface area contributed by atoms with Gasteiger partial charge in [-0.25, -0.2) is 4.39 Å². The van der Waals surface area contributed by atoms with Crippen LogP contribution < -0.4 is 10.5 Å². The van der Waals surface area contributed by atoms with Gasteiger partial charge in [0.25, 0.3) is 0 Å². The molecule has 0 atom stereocenters. The van der Waals surface area contributed by atoms with Gasteiger partial charge in [-0.3, -0.25) is 0 Å². The molecule has 0 bridgehead atoms. The number of nitrogens with two attached hydrogens (primary N) is 1. The predicted octanol–water partition coefficient (Wildman–Crippen LogP) is 3.96. The van der Waals surface area contributed by atoms with Gasteiger partial charge < -0.3 is 10.5 Å². The molecule has 2 nitrogen and oxygen atoms in total. The topological polar surface area (TPSA) is 35.2 Å². The van der Waals surface area contributed by atoms with Crippen molar-refractivity contribution in [3.8, 4) is 11.5 Å².